The SMILES string of the molecule is CC(c1cnccn1)N1CCCCC1C(=O)O. The summed E-state index contributed by atoms with van der Waals surface area (Å²) in [6.45, 7) is 2.81. The van der Waals surface area contributed by atoms with E-state index in [0.717, 1.165) is 31.5 Å². The number of rotatable bonds is 3. The van der Waals surface area contributed by atoms with Crippen molar-refractivity contribution in [1.82, 2.24) is 14.9 Å². The van der Waals surface area contributed by atoms with E-state index in [1.54, 1.807) is 18.6 Å². The molecule has 0 aliphatic carbocycles. The molecule has 92 valence electrons. The lowest BCUT2D eigenvalue weighted by molar-refractivity contribution is -0.145. The highest BCUT2D eigenvalue weighted by Gasteiger charge is 2.32. The number of piperidine rings is 1. The Kier molecular flexibility index (Phi) is 3.68. The van der Waals surface area contributed by atoms with E-state index < -0.39 is 5.97 Å². The minimum absolute atomic E-state index is 0.00472. The maximum atomic E-state index is 11.2. The third kappa shape index (κ3) is 2.61. The maximum absolute atomic E-state index is 11.2. The number of hydrogen-bond acceptors (Lipinski definition) is 4. The molecule has 0 saturated carbocycles. The standard InChI is InChI=1S/C12H17N3O2/c1-9(10-8-13-5-6-14-10)15-7-3-2-4-11(15)12(16)17/h5-6,8-9,11H,2-4,7H2,1H3,(H,16,17). The Morgan fingerprint density at radius 3 is 3.00 bits per heavy atom. The van der Waals surface area contributed by atoms with Gasteiger partial charge < -0.3 is 5.11 Å². The van der Waals surface area contributed by atoms with Gasteiger partial charge in [-0.05, 0) is 26.3 Å². The van der Waals surface area contributed by atoms with E-state index in [1.165, 1.54) is 0 Å². The van der Waals surface area contributed by atoms with E-state index in [1.807, 2.05) is 11.8 Å². The van der Waals surface area contributed by atoms with E-state index in [9.17, 15) is 9.90 Å². The molecule has 1 saturated heterocycles. The second kappa shape index (κ2) is 5.23. The topological polar surface area (TPSA) is 66.3 Å². The van der Waals surface area contributed by atoms with Gasteiger partial charge in [-0.1, -0.05) is 6.42 Å². The molecule has 17 heavy (non-hydrogen) atoms. The first kappa shape index (κ1) is 12.0. The predicted molar refractivity (Wildman–Crippen MR) is 62.4 cm³/mol. The normalized spacial score (nSPS) is 23.2. The molecule has 5 nitrogen and oxygen atoms in total. The first-order chi connectivity index (χ1) is 8.20. The summed E-state index contributed by atoms with van der Waals surface area (Å²) in [5, 5.41) is 9.23. The fourth-order valence-corrected chi connectivity index (χ4v) is 2.38. The molecule has 1 N–H and O–H groups in total. The first-order valence-electron chi connectivity index (χ1n) is 5.94. The molecule has 1 aromatic rings. The van der Waals surface area contributed by atoms with Crippen LogP contribution in [0.2, 0.25) is 0 Å². The zero-order valence-corrected chi connectivity index (χ0v) is 9.91. The molecule has 1 aromatic heterocycles. The predicted octanol–water partition coefficient (Wildman–Crippen LogP) is 1.48. The average Bonchev–Trinajstić information content (AvgIpc) is 2.39. The summed E-state index contributed by atoms with van der Waals surface area (Å²) in [4.78, 5) is 21.5. The fourth-order valence-electron chi connectivity index (χ4n) is 2.38. The van der Waals surface area contributed by atoms with Crippen molar-refractivity contribution >= 4 is 5.97 Å². The van der Waals surface area contributed by atoms with Gasteiger partial charge in [-0.25, -0.2) is 0 Å². The lowest BCUT2D eigenvalue weighted by Crippen LogP contribution is -2.45. The Balaban J connectivity index is 2.16. The second-order valence-electron chi connectivity index (χ2n) is 4.39. The Bertz CT molecular complexity index is 383. The fraction of sp³-hybridized carbons (Fsp3) is 0.583. The van der Waals surface area contributed by atoms with Crippen molar-refractivity contribution in [1.29, 1.82) is 0 Å². The van der Waals surface area contributed by atoms with Crippen LogP contribution in [0.1, 0.15) is 37.9 Å². The van der Waals surface area contributed by atoms with Crippen LogP contribution in [-0.4, -0.2) is 38.5 Å². The summed E-state index contributed by atoms with van der Waals surface area (Å²) in [7, 11) is 0. The third-order valence-corrected chi connectivity index (χ3v) is 3.34. The lowest BCUT2D eigenvalue weighted by Gasteiger charge is -2.37. The molecule has 1 fully saturated rings. The van der Waals surface area contributed by atoms with Crippen molar-refractivity contribution < 1.29 is 9.90 Å². The van der Waals surface area contributed by atoms with E-state index in [0.29, 0.717) is 0 Å². The molecule has 1 aliphatic heterocycles. The van der Waals surface area contributed by atoms with Gasteiger partial charge in [-0.3, -0.25) is 19.7 Å². The van der Waals surface area contributed by atoms with Crippen molar-refractivity contribution in [2.24, 2.45) is 0 Å². The highest BCUT2D eigenvalue weighted by atomic mass is 16.4. The van der Waals surface area contributed by atoms with Crippen LogP contribution in [0.25, 0.3) is 0 Å². The number of nitrogens with zero attached hydrogens (tertiary/aromatic N) is 3. The molecule has 0 bridgehead atoms. The van der Waals surface area contributed by atoms with Crippen molar-refractivity contribution in [3.63, 3.8) is 0 Å². The molecule has 0 spiro atoms. The molecule has 2 heterocycles. The summed E-state index contributed by atoms with van der Waals surface area (Å²) >= 11 is 0. The summed E-state index contributed by atoms with van der Waals surface area (Å²) in [5.74, 6) is -0.736. The van der Waals surface area contributed by atoms with Crippen molar-refractivity contribution in [2.75, 3.05) is 6.54 Å². The number of carbonyl (C=O) groups is 1. The van der Waals surface area contributed by atoms with Crippen LogP contribution in [-0.2, 0) is 4.79 Å². The van der Waals surface area contributed by atoms with Gasteiger partial charge in [0.1, 0.15) is 6.04 Å². The molecule has 0 amide bonds. The highest BCUT2D eigenvalue weighted by Crippen LogP contribution is 2.26. The third-order valence-electron chi connectivity index (χ3n) is 3.34. The number of aliphatic carboxylic acids is 1. The van der Waals surface area contributed by atoms with Gasteiger partial charge in [-0.2, -0.15) is 0 Å². The lowest BCUT2D eigenvalue weighted by atomic mass is 9.99. The van der Waals surface area contributed by atoms with E-state index in [4.69, 9.17) is 0 Å². The molecule has 0 radical (unpaired) electrons. The number of carboxylic acid groups (broad SMARTS) is 1. The van der Waals surface area contributed by atoms with E-state index in [-0.39, 0.29) is 12.1 Å². The van der Waals surface area contributed by atoms with E-state index in [2.05, 4.69) is 9.97 Å². The molecule has 2 rings (SSSR count). The van der Waals surface area contributed by atoms with Crippen LogP contribution in [0, 0.1) is 0 Å². The van der Waals surface area contributed by atoms with Gasteiger partial charge in [0, 0.05) is 18.6 Å². The first-order valence-corrected chi connectivity index (χ1v) is 5.94. The van der Waals surface area contributed by atoms with Crippen LogP contribution in [0.15, 0.2) is 18.6 Å². The Morgan fingerprint density at radius 1 is 1.53 bits per heavy atom. The Labute approximate surface area is 100 Å². The molecule has 0 aromatic carbocycles. The minimum atomic E-state index is -0.736. The van der Waals surface area contributed by atoms with Crippen LogP contribution in [0.3, 0.4) is 0 Å². The molecule has 1 aliphatic rings. The van der Waals surface area contributed by atoms with Gasteiger partial charge in [0.15, 0.2) is 0 Å². The summed E-state index contributed by atoms with van der Waals surface area (Å²) in [5.41, 5.74) is 0.834. The number of carboxylic acids is 1. The Hall–Kier alpha value is -1.49. The maximum Gasteiger partial charge on any atom is 0.320 e. The van der Waals surface area contributed by atoms with Crippen molar-refractivity contribution in [2.45, 2.75) is 38.3 Å². The Morgan fingerprint density at radius 2 is 2.35 bits per heavy atom. The van der Waals surface area contributed by atoms with Crippen LogP contribution >= 0.6 is 0 Å². The van der Waals surface area contributed by atoms with E-state index >= 15 is 0 Å². The zero-order chi connectivity index (χ0) is 12.3. The number of likely N-dealkylation sites (tertiary alicyclic amines) is 1. The summed E-state index contributed by atoms with van der Waals surface area (Å²) in [6.07, 6.45) is 7.74. The van der Waals surface area contributed by atoms with Crippen molar-refractivity contribution in [3.8, 4) is 0 Å². The van der Waals surface area contributed by atoms with Gasteiger partial charge >= 0.3 is 5.97 Å². The van der Waals surface area contributed by atoms with Crippen LogP contribution in [0.4, 0.5) is 0 Å². The average molecular weight is 235 g/mol. The van der Waals surface area contributed by atoms with Gasteiger partial charge in [0.2, 0.25) is 0 Å². The molecule has 2 atom stereocenters. The number of aromatic nitrogens is 2. The van der Waals surface area contributed by atoms with Crippen LogP contribution < -0.4 is 0 Å². The molecular formula is C12H17N3O2. The molecule has 5 heteroatoms. The van der Waals surface area contributed by atoms with Crippen molar-refractivity contribution in [3.05, 3.63) is 24.3 Å². The minimum Gasteiger partial charge on any atom is -0.480 e. The van der Waals surface area contributed by atoms with Gasteiger partial charge in [0.25, 0.3) is 0 Å². The summed E-state index contributed by atoms with van der Waals surface area (Å²) < 4.78 is 0. The highest BCUT2D eigenvalue weighted by molar-refractivity contribution is 5.73. The van der Waals surface area contributed by atoms with Gasteiger partial charge in [-0.15, -0.1) is 0 Å². The smallest absolute Gasteiger partial charge is 0.320 e. The molecular weight excluding hydrogens is 218 g/mol. The number of hydrogen-bond donors (Lipinski definition) is 1. The quantitative estimate of drug-likeness (QED) is 0.859. The largest absolute Gasteiger partial charge is 0.480 e. The van der Waals surface area contributed by atoms with Crippen LogP contribution in [0.5, 0.6) is 0 Å². The summed E-state index contributed by atoms with van der Waals surface area (Å²) in [6, 6.07) is -0.383. The van der Waals surface area contributed by atoms with Gasteiger partial charge in [0.05, 0.1) is 11.7 Å². The molecule has 2 unspecified atom stereocenters. The monoisotopic (exact) mass is 235 g/mol. The second-order valence-corrected chi connectivity index (χ2v) is 4.39. The zero-order valence-electron chi connectivity index (χ0n) is 9.91.